The number of amides is 2. The number of fused-ring (bicyclic) bond motifs is 1. The van der Waals surface area contributed by atoms with Crippen molar-refractivity contribution >= 4 is 46.3 Å². The molecule has 0 spiro atoms. The number of nitrogens with zero attached hydrogens (tertiary/aromatic N) is 1. The molecule has 2 N–H and O–H groups in total. The smallest absolute Gasteiger partial charge is 0.336 e. The highest BCUT2D eigenvalue weighted by Crippen LogP contribution is 2.24. The van der Waals surface area contributed by atoms with Crippen LogP contribution in [0.1, 0.15) is 11.1 Å². The fraction of sp³-hybridized carbons (Fsp3) is 0.167. The molecule has 34 heavy (non-hydrogen) atoms. The lowest BCUT2D eigenvalue weighted by Gasteiger charge is -2.11. The summed E-state index contributed by atoms with van der Waals surface area (Å²) in [5, 5.41) is 2.68. The second kappa shape index (κ2) is 10.0. The van der Waals surface area contributed by atoms with Crippen molar-refractivity contribution in [1.29, 1.82) is 0 Å². The molecule has 0 radical (unpaired) electrons. The van der Waals surface area contributed by atoms with Crippen molar-refractivity contribution in [3.63, 3.8) is 0 Å². The minimum atomic E-state index is -0.549. The van der Waals surface area contributed by atoms with E-state index in [9.17, 15) is 14.4 Å². The molecule has 0 aliphatic carbocycles. The van der Waals surface area contributed by atoms with Crippen molar-refractivity contribution in [2.45, 2.75) is 20.4 Å². The number of benzene rings is 2. The van der Waals surface area contributed by atoms with Gasteiger partial charge in [-0.05, 0) is 49.3 Å². The summed E-state index contributed by atoms with van der Waals surface area (Å²) in [6.45, 7) is 3.43. The topological polar surface area (TPSA) is 103 Å². The molecule has 10 heteroatoms. The van der Waals surface area contributed by atoms with Gasteiger partial charge >= 0.3 is 5.63 Å². The number of nitrogens with one attached hydrogen (secondary N) is 2. The number of aromatic nitrogens is 1. The molecule has 0 aliphatic rings. The minimum Gasteiger partial charge on any atom is -0.484 e. The van der Waals surface area contributed by atoms with Crippen molar-refractivity contribution in [1.82, 2.24) is 15.4 Å². The maximum absolute atomic E-state index is 12.4. The molecule has 4 rings (SSSR count). The standard InChI is InChI=1S/C24H21N3O5S2/c1-14-3-5-16(6-4-14)19-13-34-24(33)27(19)11-21(28)25-26-22(29)12-31-17-7-8-18-15(2)9-23(30)32-20(18)10-17/h3-10,13H,11-12H2,1-2H3,(H,25,28)(H,26,29). The Hall–Kier alpha value is -3.76. The lowest BCUT2D eigenvalue weighted by molar-refractivity contribution is -0.130. The molecule has 0 saturated carbocycles. The van der Waals surface area contributed by atoms with Crippen LogP contribution in [0.3, 0.4) is 0 Å². The van der Waals surface area contributed by atoms with Gasteiger partial charge in [-0.1, -0.05) is 29.8 Å². The van der Waals surface area contributed by atoms with Crippen LogP contribution in [0.5, 0.6) is 5.75 Å². The molecular formula is C24H21N3O5S2. The first-order valence-corrected chi connectivity index (χ1v) is 11.6. The van der Waals surface area contributed by atoms with E-state index in [1.807, 2.05) is 43.5 Å². The fourth-order valence-corrected chi connectivity index (χ4v) is 4.41. The molecule has 2 aromatic heterocycles. The quantitative estimate of drug-likeness (QED) is 0.239. The van der Waals surface area contributed by atoms with Crippen LogP contribution < -0.4 is 21.2 Å². The van der Waals surface area contributed by atoms with Gasteiger partial charge in [0.2, 0.25) is 0 Å². The van der Waals surface area contributed by atoms with Gasteiger partial charge in [-0.25, -0.2) is 4.79 Å². The van der Waals surface area contributed by atoms with Crippen LogP contribution >= 0.6 is 23.6 Å². The monoisotopic (exact) mass is 495 g/mol. The number of hydrazine groups is 1. The van der Waals surface area contributed by atoms with Gasteiger partial charge in [0.05, 0.1) is 5.69 Å². The van der Waals surface area contributed by atoms with Crippen molar-refractivity contribution < 1.29 is 18.7 Å². The number of thiazole rings is 1. The summed E-state index contributed by atoms with van der Waals surface area (Å²) in [6.07, 6.45) is 0. The molecule has 0 bridgehead atoms. The van der Waals surface area contributed by atoms with E-state index in [1.54, 1.807) is 22.8 Å². The Morgan fingerprint density at radius 1 is 1.06 bits per heavy atom. The van der Waals surface area contributed by atoms with Crippen LogP contribution in [0.4, 0.5) is 0 Å². The second-order valence-electron chi connectivity index (χ2n) is 7.63. The molecule has 2 aromatic carbocycles. The van der Waals surface area contributed by atoms with Gasteiger partial charge in [0.1, 0.15) is 17.9 Å². The lowest BCUT2D eigenvalue weighted by atomic mass is 10.1. The third-order valence-corrected chi connectivity index (χ3v) is 6.34. The third kappa shape index (κ3) is 5.41. The summed E-state index contributed by atoms with van der Waals surface area (Å²) in [5.41, 5.74) is 8.31. The molecule has 0 unspecified atom stereocenters. The largest absolute Gasteiger partial charge is 0.484 e. The van der Waals surface area contributed by atoms with Crippen LogP contribution in [-0.4, -0.2) is 23.0 Å². The number of aryl methyl sites for hydroxylation is 2. The Bertz CT molecular complexity index is 1490. The summed E-state index contributed by atoms with van der Waals surface area (Å²) >= 11 is 6.73. The number of hydrogen-bond donors (Lipinski definition) is 2. The number of carbonyl (C=O) groups excluding carboxylic acids is 2. The molecule has 0 saturated heterocycles. The molecule has 4 aromatic rings. The van der Waals surface area contributed by atoms with Crippen molar-refractivity contribution in [2.75, 3.05) is 6.61 Å². The Kier molecular flexibility index (Phi) is 6.90. The average molecular weight is 496 g/mol. The first-order valence-electron chi connectivity index (χ1n) is 10.3. The maximum atomic E-state index is 12.4. The molecule has 2 heterocycles. The van der Waals surface area contributed by atoms with Gasteiger partial charge in [0, 0.05) is 22.9 Å². The van der Waals surface area contributed by atoms with Crippen molar-refractivity contribution in [2.24, 2.45) is 0 Å². The maximum Gasteiger partial charge on any atom is 0.336 e. The number of ether oxygens (including phenoxy) is 1. The van der Waals surface area contributed by atoms with E-state index in [4.69, 9.17) is 21.4 Å². The van der Waals surface area contributed by atoms with Crippen LogP contribution in [-0.2, 0) is 16.1 Å². The Balaban J connectivity index is 1.33. The predicted octanol–water partition coefficient (Wildman–Crippen LogP) is 3.90. The predicted molar refractivity (Wildman–Crippen MR) is 132 cm³/mol. The zero-order valence-electron chi connectivity index (χ0n) is 18.4. The van der Waals surface area contributed by atoms with Gasteiger partial charge in [-0.15, -0.1) is 11.3 Å². The fourth-order valence-electron chi connectivity index (χ4n) is 3.33. The summed E-state index contributed by atoms with van der Waals surface area (Å²) in [7, 11) is 0. The van der Waals surface area contributed by atoms with Gasteiger partial charge in [-0.2, -0.15) is 0 Å². The molecular weight excluding hydrogens is 474 g/mol. The van der Waals surface area contributed by atoms with Crippen LogP contribution in [0.25, 0.3) is 22.2 Å². The first-order chi connectivity index (χ1) is 16.3. The lowest BCUT2D eigenvalue weighted by Crippen LogP contribution is -2.45. The number of hydrogen-bond acceptors (Lipinski definition) is 7. The molecule has 0 atom stereocenters. The summed E-state index contributed by atoms with van der Waals surface area (Å²) < 4.78 is 12.9. The summed E-state index contributed by atoms with van der Waals surface area (Å²) in [4.78, 5) is 36.1. The molecule has 2 amide bonds. The van der Waals surface area contributed by atoms with Gasteiger partial charge in [0.25, 0.3) is 11.8 Å². The zero-order chi connectivity index (χ0) is 24.2. The van der Waals surface area contributed by atoms with Gasteiger partial charge < -0.3 is 13.7 Å². The van der Waals surface area contributed by atoms with Crippen molar-refractivity contribution in [3.8, 4) is 17.0 Å². The normalized spacial score (nSPS) is 10.8. The summed E-state index contributed by atoms with van der Waals surface area (Å²) in [6, 6.07) is 14.3. The van der Waals surface area contributed by atoms with Crippen molar-refractivity contribution in [3.05, 3.63) is 79.4 Å². The highest BCUT2D eigenvalue weighted by molar-refractivity contribution is 7.73. The Morgan fingerprint density at radius 2 is 1.79 bits per heavy atom. The van der Waals surface area contributed by atoms with E-state index in [1.165, 1.54) is 17.4 Å². The van der Waals surface area contributed by atoms with Gasteiger partial charge in [-0.3, -0.25) is 20.4 Å². The van der Waals surface area contributed by atoms with E-state index in [0.29, 0.717) is 15.3 Å². The number of rotatable bonds is 6. The Morgan fingerprint density at radius 3 is 2.56 bits per heavy atom. The van der Waals surface area contributed by atoms with E-state index in [0.717, 1.165) is 27.8 Å². The highest BCUT2D eigenvalue weighted by Gasteiger charge is 2.12. The third-order valence-electron chi connectivity index (χ3n) is 5.07. The van der Waals surface area contributed by atoms with Crippen LogP contribution in [0.15, 0.2) is 63.1 Å². The second-order valence-corrected chi connectivity index (χ2v) is 9.13. The van der Waals surface area contributed by atoms with Crippen LogP contribution in [0.2, 0.25) is 0 Å². The van der Waals surface area contributed by atoms with Gasteiger partial charge in [0.15, 0.2) is 10.6 Å². The highest BCUT2D eigenvalue weighted by atomic mass is 32.1. The summed E-state index contributed by atoms with van der Waals surface area (Å²) in [5.74, 6) is -0.624. The first kappa shape index (κ1) is 23.4. The van der Waals surface area contributed by atoms with E-state index >= 15 is 0 Å². The number of carbonyl (C=O) groups is 2. The van der Waals surface area contributed by atoms with E-state index in [-0.39, 0.29) is 13.2 Å². The molecule has 8 nitrogen and oxygen atoms in total. The Labute approximate surface area is 203 Å². The SMILES string of the molecule is Cc1ccc(-c2csc(=S)n2CC(=O)NNC(=O)COc2ccc3c(C)cc(=O)oc3c2)cc1. The minimum absolute atomic E-state index is 0.0459. The molecule has 174 valence electrons. The van der Waals surface area contributed by atoms with Crippen LogP contribution in [0, 0.1) is 17.8 Å². The molecule has 0 aliphatic heterocycles. The zero-order valence-corrected chi connectivity index (χ0v) is 20.0. The average Bonchev–Trinajstić information content (AvgIpc) is 3.16. The van der Waals surface area contributed by atoms with E-state index < -0.39 is 17.4 Å². The molecule has 0 fully saturated rings. The van der Waals surface area contributed by atoms with E-state index in [2.05, 4.69) is 10.9 Å².